The van der Waals surface area contributed by atoms with E-state index >= 15 is 0 Å². The average Bonchev–Trinajstić information content (AvgIpc) is 2.63. The molecule has 0 fully saturated rings. The first-order chi connectivity index (χ1) is 7.59. The average molecular weight is 245 g/mol. The fraction of sp³-hybridized carbons (Fsp3) is 0. The Hall–Kier alpha value is -2.06. The van der Waals surface area contributed by atoms with Gasteiger partial charge in [0, 0.05) is 0 Å². The highest BCUT2D eigenvalue weighted by Gasteiger charge is 2.27. The molecule has 8 nitrogen and oxygen atoms in total. The Morgan fingerprint density at radius 3 is 2.88 bits per heavy atom. The SMILES string of the molecule is O=[N+]([O-])c1c(Cl)cccc1N1N=C([O-])O[NH2+]1. The second kappa shape index (κ2) is 3.83. The van der Waals surface area contributed by atoms with Crippen LogP contribution in [-0.4, -0.2) is 11.0 Å². The Bertz CT molecular complexity index is 477. The van der Waals surface area contributed by atoms with Crippen LogP contribution in [-0.2, 0) is 4.84 Å². The number of hydrogen-bond acceptors (Lipinski definition) is 6. The number of benzene rings is 1. The minimum absolute atomic E-state index is 0.0366. The summed E-state index contributed by atoms with van der Waals surface area (Å²) < 4.78 is 0. The van der Waals surface area contributed by atoms with E-state index < -0.39 is 11.0 Å². The third-order valence-corrected chi connectivity index (χ3v) is 2.14. The molecule has 2 N–H and O–H groups in total. The minimum atomic E-state index is -0.839. The van der Waals surface area contributed by atoms with Gasteiger partial charge in [0.1, 0.15) is 5.02 Å². The Morgan fingerprint density at radius 1 is 1.56 bits per heavy atom. The number of nitrogens with two attached hydrogens (primary N) is 1. The van der Waals surface area contributed by atoms with Gasteiger partial charge in [0.05, 0.1) is 4.92 Å². The Labute approximate surface area is 93.8 Å². The van der Waals surface area contributed by atoms with Gasteiger partial charge in [-0.2, -0.15) is 0 Å². The van der Waals surface area contributed by atoms with Crippen molar-refractivity contribution in [1.82, 2.24) is 0 Å². The van der Waals surface area contributed by atoms with E-state index in [0.717, 1.165) is 10.7 Å². The highest BCUT2D eigenvalue weighted by Crippen LogP contribution is 2.33. The van der Waals surface area contributed by atoms with Crippen molar-refractivity contribution in [1.29, 1.82) is 0 Å². The standard InChI is InChI=1S/C7H5ClN4O4/c8-4-2-1-3-5(6(4)12(14)15)11-9-7(13)16-10-11/h1-3,10H,(H,9,13). The third kappa shape index (κ3) is 1.71. The molecule has 0 atom stereocenters. The molecule has 0 amide bonds. The van der Waals surface area contributed by atoms with Gasteiger partial charge in [-0.05, 0) is 12.1 Å². The highest BCUT2D eigenvalue weighted by molar-refractivity contribution is 6.33. The molecular weight excluding hydrogens is 240 g/mol. The number of quaternary nitrogens is 1. The molecule has 16 heavy (non-hydrogen) atoms. The first-order valence-corrected chi connectivity index (χ1v) is 4.45. The second-order valence-corrected chi connectivity index (χ2v) is 3.21. The maximum Gasteiger partial charge on any atom is 0.318 e. The Kier molecular flexibility index (Phi) is 2.50. The summed E-state index contributed by atoms with van der Waals surface area (Å²) in [6.45, 7) is 0. The molecule has 0 aromatic heterocycles. The lowest BCUT2D eigenvalue weighted by Gasteiger charge is -2.10. The van der Waals surface area contributed by atoms with Crippen molar-refractivity contribution in [2.75, 3.05) is 5.12 Å². The van der Waals surface area contributed by atoms with Gasteiger partial charge >= 0.3 is 5.69 Å². The normalized spacial score (nSPS) is 14.6. The Balaban J connectivity index is 2.48. The predicted molar refractivity (Wildman–Crippen MR) is 51.0 cm³/mol. The van der Waals surface area contributed by atoms with E-state index in [-0.39, 0.29) is 16.4 Å². The van der Waals surface area contributed by atoms with Crippen molar-refractivity contribution in [3.8, 4) is 0 Å². The van der Waals surface area contributed by atoms with Crippen LogP contribution in [0.4, 0.5) is 11.4 Å². The molecule has 0 aliphatic carbocycles. The van der Waals surface area contributed by atoms with Crippen molar-refractivity contribution in [2.45, 2.75) is 0 Å². The molecule has 1 heterocycles. The van der Waals surface area contributed by atoms with Crippen molar-refractivity contribution >= 4 is 29.1 Å². The van der Waals surface area contributed by atoms with Crippen LogP contribution >= 0.6 is 11.6 Å². The summed E-state index contributed by atoms with van der Waals surface area (Å²) in [5, 5.41) is 25.8. The first kappa shape index (κ1) is 10.5. The van der Waals surface area contributed by atoms with Crippen LogP contribution in [0.5, 0.6) is 0 Å². The molecular formula is C7H5ClN4O4. The lowest BCUT2D eigenvalue weighted by atomic mass is 10.3. The number of rotatable bonds is 2. The molecule has 0 unspecified atom stereocenters. The summed E-state index contributed by atoms with van der Waals surface area (Å²) in [6.07, 6.45) is -0.839. The van der Waals surface area contributed by atoms with Crippen LogP contribution in [0.3, 0.4) is 0 Å². The van der Waals surface area contributed by atoms with E-state index in [1.54, 1.807) is 0 Å². The number of nitrogens with zero attached hydrogens (tertiary/aromatic N) is 3. The van der Waals surface area contributed by atoms with E-state index in [2.05, 4.69) is 9.94 Å². The number of hydrazone groups is 1. The summed E-state index contributed by atoms with van der Waals surface area (Å²) >= 11 is 5.69. The monoisotopic (exact) mass is 244 g/mol. The number of nitro benzene ring substituents is 1. The molecule has 2 rings (SSSR count). The quantitative estimate of drug-likeness (QED) is 0.412. The maximum atomic E-state index is 10.8. The zero-order valence-electron chi connectivity index (χ0n) is 7.66. The molecule has 0 radical (unpaired) electrons. The van der Waals surface area contributed by atoms with Gasteiger partial charge in [-0.1, -0.05) is 27.9 Å². The van der Waals surface area contributed by atoms with Crippen LogP contribution in [0.15, 0.2) is 23.3 Å². The molecule has 1 aliphatic heterocycles. The van der Waals surface area contributed by atoms with E-state index in [1.807, 2.05) is 0 Å². The van der Waals surface area contributed by atoms with Crippen LogP contribution in [0.1, 0.15) is 0 Å². The van der Waals surface area contributed by atoms with Crippen molar-refractivity contribution in [3.63, 3.8) is 0 Å². The number of para-hydroxylation sites is 1. The van der Waals surface area contributed by atoms with Crippen LogP contribution < -0.4 is 15.8 Å². The largest absolute Gasteiger partial charge is 0.524 e. The number of anilines is 1. The summed E-state index contributed by atoms with van der Waals surface area (Å²) in [5.41, 5.74) is 0.715. The number of nitro groups is 1. The Morgan fingerprint density at radius 2 is 2.31 bits per heavy atom. The molecule has 0 saturated carbocycles. The fourth-order valence-corrected chi connectivity index (χ4v) is 1.45. The molecule has 1 aliphatic rings. The molecule has 1 aromatic rings. The fourth-order valence-electron chi connectivity index (χ4n) is 1.21. The van der Waals surface area contributed by atoms with Crippen molar-refractivity contribution in [3.05, 3.63) is 33.3 Å². The molecule has 0 bridgehead atoms. The smallest absolute Gasteiger partial charge is 0.318 e. The molecule has 0 saturated heterocycles. The van der Waals surface area contributed by atoms with Crippen molar-refractivity contribution in [2.24, 2.45) is 5.10 Å². The maximum absolute atomic E-state index is 10.8. The number of halogens is 1. The van der Waals surface area contributed by atoms with Gasteiger partial charge in [0.2, 0.25) is 6.08 Å². The topological polar surface area (TPSA) is 108 Å². The molecule has 84 valence electrons. The summed E-state index contributed by atoms with van der Waals surface area (Å²) in [6, 6.07) is 4.30. The minimum Gasteiger partial charge on any atom is -0.524 e. The lowest BCUT2D eigenvalue weighted by Crippen LogP contribution is -2.90. The zero-order valence-corrected chi connectivity index (χ0v) is 8.42. The lowest BCUT2D eigenvalue weighted by molar-refractivity contribution is -0.874. The molecule has 9 heteroatoms. The van der Waals surface area contributed by atoms with Gasteiger partial charge in [0.25, 0.3) is 0 Å². The van der Waals surface area contributed by atoms with E-state index in [4.69, 9.17) is 11.6 Å². The summed E-state index contributed by atoms with van der Waals surface area (Å²) in [4.78, 5) is 14.6. The van der Waals surface area contributed by atoms with Gasteiger partial charge in [-0.25, -0.2) is 0 Å². The van der Waals surface area contributed by atoms with Crippen LogP contribution in [0, 0.1) is 10.1 Å². The summed E-state index contributed by atoms with van der Waals surface area (Å²) in [5.74, 6) is 0. The highest BCUT2D eigenvalue weighted by atomic mass is 35.5. The van der Waals surface area contributed by atoms with Crippen LogP contribution in [0.2, 0.25) is 5.02 Å². The van der Waals surface area contributed by atoms with E-state index in [9.17, 15) is 15.2 Å². The molecule has 1 aromatic carbocycles. The number of hydrogen-bond donors (Lipinski definition) is 1. The molecule has 0 spiro atoms. The van der Waals surface area contributed by atoms with Gasteiger partial charge in [-0.3, -0.25) is 10.1 Å². The van der Waals surface area contributed by atoms with E-state index in [0.29, 0.717) is 0 Å². The van der Waals surface area contributed by atoms with Crippen molar-refractivity contribution < 1.29 is 20.5 Å². The zero-order chi connectivity index (χ0) is 11.7. The summed E-state index contributed by atoms with van der Waals surface area (Å²) in [7, 11) is 0. The first-order valence-electron chi connectivity index (χ1n) is 4.07. The van der Waals surface area contributed by atoms with Gasteiger partial charge in [-0.15, -0.1) is 5.59 Å². The predicted octanol–water partition coefficient (Wildman–Crippen LogP) is -0.891. The third-order valence-electron chi connectivity index (χ3n) is 1.84. The van der Waals surface area contributed by atoms with Gasteiger partial charge < -0.3 is 9.94 Å². The van der Waals surface area contributed by atoms with Crippen LogP contribution in [0.25, 0.3) is 0 Å². The van der Waals surface area contributed by atoms with E-state index in [1.165, 1.54) is 18.2 Å². The second-order valence-electron chi connectivity index (χ2n) is 2.80. The van der Waals surface area contributed by atoms with Gasteiger partial charge in [0.15, 0.2) is 5.69 Å².